The zero-order valence-electron chi connectivity index (χ0n) is 17.2. The molecule has 0 bridgehead atoms. The third-order valence-electron chi connectivity index (χ3n) is 7.05. The Bertz CT molecular complexity index is 1630. The Morgan fingerprint density at radius 3 is 1.71 bits per heavy atom. The van der Waals surface area contributed by atoms with Crippen LogP contribution in [0.2, 0.25) is 0 Å². The molecule has 0 atom stereocenters. The summed E-state index contributed by atoms with van der Waals surface area (Å²) in [4.78, 5) is 18.3. The number of benzene rings is 3. The maximum Gasteiger partial charge on any atom is 0.195 e. The lowest BCUT2D eigenvalue weighted by atomic mass is 10.1. The fourth-order valence-corrected chi connectivity index (χ4v) is 5.08. The van der Waals surface area contributed by atoms with Crippen LogP contribution in [-0.2, 0) is 0 Å². The van der Waals surface area contributed by atoms with Crippen LogP contribution in [0.25, 0.3) is 32.7 Å². The molecule has 0 radical (unpaired) electrons. The minimum absolute atomic E-state index is 0.0896. The predicted octanol–water partition coefficient (Wildman–Crippen LogP) is 5.24. The molecule has 3 aliphatic heterocycles. The van der Waals surface area contributed by atoms with Crippen molar-refractivity contribution in [1.29, 1.82) is 0 Å². The van der Waals surface area contributed by atoms with Crippen molar-refractivity contribution in [3.63, 3.8) is 0 Å². The van der Waals surface area contributed by atoms with Crippen LogP contribution in [-0.4, -0.2) is 26.2 Å². The van der Waals surface area contributed by atoms with Gasteiger partial charge in [0.1, 0.15) is 11.2 Å². The number of nitrogens with zero attached hydrogens (tertiary/aromatic N) is 2. The lowest BCUT2D eigenvalue weighted by Gasteiger charge is -2.33. The quantitative estimate of drug-likeness (QED) is 0.402. The molecule has 3 aromatic rings. The first kappa shape index (κ1) is 17.2. The molecule has 31 heavy (non-hydrogen) atoms. The molecule has 2 saturated heterocycles. The van der Waals surface area contributed by atoms with Crippen LogP contribution >= 0.6 is 0 Å². The minimum atomic E-state index is 0.0896. The van der Waals surface area contributed by atoms with Crippen LogP contribution in [0, 0.1) is 10.4 Å². The van der Waals surface area contributed by atoms with E-state index in [1.807, 2.05) is 18.2 Å². The van der Waals surface area contributed by atoms with Gasteiger partial charge in [0.05, 0.1) is 0 Å². The van der Waals surface area contributed by atoms with E-state index in [1.165, 1.54) is 18.5 Å². The zero-order valence-corrected chi connectivity index (χ0v) is 17.2. The van der Waals surface area contributed by atoms with Crippen molar-refractivity contribution in [1.82, 2.24) is 0 Å². The largest absolute Gasteiger partial charge is 0.456 e. The molecule has 0 unspecified atom stereocenters. The summed E-state index contributed by atoms with van der Waals surface area (Å²) in [5.41, 5.74) is 4.05. The molecule has 7 rings (SSSR count). The molecule has 1 aliphatic carbocycles. The Labute approximate surface area is 178 Å². The second-order valence-corrected chi connectivity index (χ2v) is 8.77. The van der Waals surface area contributed by atoms with Crippen molar-refractivity contribution in [2.75, 3.05) is 36.0 Å². The molecule has 4 aliphatic rings. The SMILES string of the molecule is O=c1c2c3ccc(N4CCC4)cc3oc3cc(N4CCC4)ccc3c=2c2ccccc12. The van der Waals surface area contributed by atoms with Crippen LogP contribution in [0.1, 0.15) is 12.8 Å². The second-order valence-electron chi connectivity index (χ2n) is 8.77. The molecular formula is C27H22N2O2. The second kappa shape index (κ2) is 6.24. The average molecular weight is 406 g/mol. The first-order chi connectivity index (χ1) is 15.3. The number of hydrogen-bond donors (Lipinski definition) is 0. The molecule has 4 heteroatoms. The summed E-state index contributed by atoms with van der Waals surface area (Å²) >= 11 is 0. The Hall–Kier alpha value is -3.53. The lowest BCUT2D eigenvalue weighted by Crippen LogP contribution is -2.36. The van der Waals surface area contributed by atoms with Gasteiger partial charge in [-0.25, -0.2) is 0 Å². The molecule has 0 aromatic heterocycles. The Kier molecular flexibility index (Phi) is 3.46. The van der Waals surface area contributed by atoms with Gasteiger partial charge >= 0.3 is 0 Å². The summed E-state index contributed by atoms with van der Waals surface area (Å²) in [6.45, 7) is 4.33. The Balaban J connectivity index is 1.69. The molecule has 0 saturated carbocycles. The number of fused-ring (bicyclic) bond motifs is 6. The van der Waals surface area contributed by atoms with E-state index in [2.05, 4.69) is 52.3 Å². The van der Waals surface area contributed by atoms with Crippen molar-refractivity contribution >= 4 is 44.1 Å². The van der Waals surface area contributed by atoms with Crippen molar-refractivity contribution < 1.29 is 4.42 Å². The maximum atomic E-state index is 13.5. The smallest absolute Gasteiger partial charge is 0.195 e. The molecule has 152 valence electrons. The fraction of sp³-hybridized carbons (Fsp3) is 0.222. The molecule has 3 aromatic carbocycles. The molecule has 4 nitrogen and oxygen atoms in total. The van der Waals surface area contributed by atoms with Crippen molar-refractivity contribution in [2.24, 2.45) is 0 Å². The van der Waals surface area contributed by atoms with Crippen LogP contribution in [0.5, 0.6) is 0 Å². The minimum Gasteiger partial charge on any atom is -0.456 e. The van der Waals surface area contributed by atoms with Crippen LogP contribution in [0.15, 0.2) is 69.9 Å². The number of anilines is 2. The highest BCUT2D eigenvalue weighted by atomic mass is 16.3. The van der Waals surface area contributed by atoms with Gasteiger partial charge in [0.2, 0.25) is 0 Å². The molecular weight excluding hydrogens is 384 g/mol. The van der Waals surface area contributed by atoms with E-state index < -0.39 is 0 Å². The highest BCUT2D eigenvalue weighted by Gasteiger charge is 2.19. The summed E-state index contributed by atoms with van der Waals surface area (Å²) < 4.78 is 6.57. The van der Waals surface area contributed by atoms with E-state index in [4.69, 9.17) is 4.42 Å². The van der Waals surface area contributed by atoms with E-state index >= 15 is 0 Å². The van der Waals surface area contributed by atoms with Crippen LogP contribution in [0.4, 0.5) is 11.4 Å². The van der Waals surface area contributed by atoms with Gasteiger partial charge in [-0.1, -0.05) is 24.3 Å². The van der Waals surface area contributed by atoms with E-state index in [9.17, 15) is 4.79 Å². The van der Waals surface area contributed by atoms with Crippen molar-refractivity contribution in [3.8, 4) is 0 Å². The normalized spacial score (nSPS) is 16.3. The average Bonchev–Trinajstić information content (AvgIpc) is 2.90. The lowest BCUT2D eigenvalue weighted by molar-refractivity contribution is 0.613. The van der Waals surface area contributed by atoms with Gasteiger partial charge < -0.3 is 14.2 Å². The van der Waals surface area contributed by atoms with Gasteiger partial charge in [0.15, 0.2) is 5.43 Å². The van der Waals surface area contributed by atoms with Gasteiger partial charge in [-0.15, -0.1) is 0 Å². The predicted molar refractivity (Wildman–Crippen MR) is 126 cm³/mol. The summed E-state index contributed by atoms with van der Waals surface area (Å²) in [7, 11) is 0. The van der Waals surface area contributed by atoms with E-state index in [-0.39, 0.29) is 5.43 Å². The van der Waals surface area contributed by atoms with Gasteiger partial charge in [0.25, 0.3) is 0 Å². The summed E-state index contributed by atoms with van der Waals surface area (Å²) in [5.74, 6) is 0. The van der Waals surface area contributed by atoms with Crippen LogP contribution in [0.3, 0.4) is 0 Å². The molecule has 2 fully saturated rings. The number of hydrogen-bond acceptors (Lipinski definition) is 4. The van der Waals surface area contributed by atoms with E-state index in [0.717, 1.165) is 75.0 Å². The van der Waals surface area contributed by atoms with Crippen molar-refractivity contribution in [3.05, 3.63) is 81.3 Å². The van der Waals surface area contributed by atoms with Crippen molar-refractivity contribution in [2.45, 2.75) is 12.8 Å². The fourth-order valence-electron chi connectivity index (χ4n) is 5.08. The summed E-state index contributed by atoms with van der Waals surface area (Å²) in [6.07, 6.45) is 2.46. The third kappa shape index (κ3) is 2.39. The molecule has 0 amide bonds. The first-order valence-corrected chi connectivity index (χ1v) is 11.1. The number of rotatable bonds is 2. The summed E-state index contributed by atoms with van der Waals surface area (Å²) in [6, 6.07) is 20.7. The van der Waals surface area contributed by atoms with Gasteiger partial charge in [-0.3, -0.25) is 4.79 Å². The first-order valence-electron chi connectivity index (χ1n) is 11.1. The Morgan fingerprint density at radius 2 is 1.16 bits per heavy atom. The maximum absolute atomic E-state index is 13.5. The molecule has 3 heterocycles. The highest BCUT2D eigenvalue weighted by Crippen LogP contribution is 2.33. The van der Waals surface area contributed by atoms with Crippen LogP contribution < -0.4 is 15.2 Å². The molecule has 0 N–H and O–H groups in total. The highest BCUT2D eigenvalue weighted by molar-refractivity contribution is 5.97. The van der Waals surface area contributed by atoms with Gasteiger partial charge in [-0.05, 0) is 42.5 Å². The third-order valence-corrected chi connectivity index (χ3v) is 7.05. The van der Waals surface area contributed by atoms with Gasteiger partial charge in [0, 0.05) is 76.3 Å². The zero-order chi connectivity index (χ0) is 20.5. The monoisotopic (exact) mass is 406 g/mol. The Morgan fingerprint density at radius 1 is 0.613 bits per heavy atom. The van der Waals surface area contributed by atoms with E-state index in [0.29, 0.717) is 0 Å². The topological polar surface area (TPSA) is 36.7 Å². The van der Waals surface area contributed by atoms with E-state index in [1.54, 1.807) is 0 Å². The van der Waals surface area contributed by atoms with Gasteiger partial charge in [-0.2, -0.15) is 0 Å². The standard InChI is InChI=1S/C27H22N2O2/c30-27-20-6-2-1-5-19(20)25-21-9-7-17(28-11-3-12-28)15-23(21)31-24-16-18(29-13-4-14-29)8-10-22(24)26(25)27/h1-2,5-10,15-16H,3-4,11-14H2. The molecule has 0 spiro atoms. The summed E-state index contributed by atoms with van der Waals surface area (Å²) in [5, 5.41) is 5.44.